The summed E-state index contributed by atoms with van der Waals surface area (Å²) in [5.74, 6) is 0.986. The largest absolute Gasteiger partial charge is 0.453 e. The van der Waals surface area contributed by atoms with Crippen LogP contribution >= 0.6 is 11.3 Å². The van der Waals surface area contributed by atoms with E-state index >= 15 is 0 Å². The quantitative estimate of drug-likeness (QED) is 0.406. The molecule has 0 bridgehead atoms. The van der Waals surface area contributed by atoms with Gasteiger partial charge in [-0.05, 0) is 32.2 Å². The van der Waals surface area contributed by atoms with E-state index in [0.29, 0.717) is 26.3 Å². The van der Waals surface area contributed by atoms with Gasteiger partial charge >= 0.3 is 12.1 Å². The van der Waals surface area contributed by atoms with Gasteiger partial charge in [-0.1, -0.05) is 32.1 Å². The van der Waals surface area contributed by atoms with Crippen LogP contribution in [0.1, 0.15) is 68.0 Å². The topological polar surface area (TPSA) is 105 Å². The van der Waals surface area contributed by atoms with E-state index in [9.17, 15) is 9.59 Å². The summed E-state index contributed by atoms with van der Waals surface area (Å²) in [5, 5.41) is 12.2. The Labute approximate surface area is 207 Å². The molecule has 9 nitrogen and oxygen atoms in total. The molecule has 34 heavy (non-hydrogen) atoms. The number of carbonyl (C=O) groups is 2. The maximum absolute atomic E-state index is 13.1. The standard InChI is InChI=1S/C24H41N5O4S/c1-25-14-20(13-18-7-4-3-5-8-18)27-23(30)29-11-6-9-19(15-29)21-17-34-22(28-21)16-33-12-10-26-24(31)32-2/h17-20,25H,3-16H2,1-2H3,(H,26,31)(H,27,30)/t19-,20+/m1/s1. The van der Waals surface area contributed by atoms with Gasteiger partial charge in [-0.15, -0.1) is 11.3 Å². The van der Waals surface area contributed by atoms with Crippen LogP contribution in [0.2, 0.25) is 0 Å². The van der Waals surface area contributed by atoms with Crippen molar-refractivity contribution < 1.29 is 19.1 Å². The number of methoxy groups -OCH3 is 1. The maximum atomic E-state index is 13.1. The average molecular weight is 496 g/mol. The molecule has 3 rings (SSSR count). The van der Waals surface area contributed by atoms with Gasteiger partial charge in [0.05, 0.1) is 26.0 Å². The molecule has 2 atom stereocenters. The Balaban J connectivity index is 1.44. The van der Waals surface area contributed by atoms with Crippen LogP contribution < -0.4 is 16.0 Å². The van der Waals surface area contributed by atoms with Crippen molar-refractivity contribution in [3.05, 3.63) is 16.1 Å². The number of ether oxygens (including phenoxy) is 2. The van der Waals surface area contributed by atoms with Gasteiger partial charge in [0.25, 0.3) is 0 Å². The molecule has 0 spiro atoms. The van der Waals surface area contributed by atoms with Crippen LogP contribution in [0.15, 0.2) is 5.38 Å². The number of alkyl carbamates (subject to hydrolysis) is 1. The second kappa shape index (κ2) is 14.5. The fourth-order valence-electron chi connectivity index (χ4n) is 4.97. The molecule has 1 saturated carbocycles. The van der Waals surface area contributed by atoms with Gasteiger partial charge in [0.15, 0.2) is 0 Å². The summed E-state index contributed by atoms with van der Waals surface area (Å²) in [7, 11) is 3.29. The lowest BCUT2D eigenvalue weighted by Crippen LogP contribution is -2.51. The maximum Gasteiger partial charge on any atom is 0.406 e. The number of hydrogen-bond donors (Lipinski definition) is 3. The number of rotatable bonds is 11. The van der Waals surface area contributed by atoms with Crippen molar-refractivity contribution in [3.8, 4) is 0 Å². The van der Waals surface area contributed by atoms with E-state index < -0.39 is 6.09 Å². The predicted molar refractivity (Wildman–Crippen MR) is 133 cm³/mol. The van der Waals surface area contributed by atoms with Gasteiger partial charge in [0, 0.05) is 43.5 Å². The van der Waals surface area contributed by atoms with Crippen LogP contribution in [0.5, 0.6) is 0 Å². The number of urea groups is 1. The van der Waals surface area contributed by atoms with Gasteiger partial charge in [-0.25, -0.2) is 14.6 Å². The third kappa shape index (κ3) is 8.70. The lowest BCUT2D eigenvalue weighted by molar-refractivity contribution is 0.117. The van der Waals surface area contributed by atoms with Gasteiger partial charge in [-0.3, -0.25) is 0 Å². The summed E-state index contributed by atoms with van der Waals surface area (Å²) >= 11 is 1.58. The highest BCUT2D eigenvalue weighted by molar-refractivity contribution is 7.09. The third-order valence-corrected chi connectivity index (χ3v) is 7.58. The van der Waals surface area contributed by atoms with E-state index in [-0.39, 0.29) is 18.0 Å². The lowest BCUT2D eigenvalue weighted by Gasteiger charge is -2.34. The molecule has 3 amide bonds. The molecule has 2 fully saturated rings. The first kappa shape index (κ1) is 26.7. The third-order valence-electron chi connectivity index (χ3n) is 6.74. The van der Waals surface area contributed by atoms with Crippen molar-refractivity contribution in [2.45, 2.75) is 69.9 Å². The molecule has 10 heteroatoms. The Morgan fingerprint density at radius 3 is 2.82 bits per heavy atom. The van der Waals surface area contributed by atoms with E-state index in [1.165, 1.54) is 39.2 Å². The SMILES string of the molecule is CNC[C@H](CC1CCCCC1)NC(=O)N1CCC[C@@H](c2csc(COCCNC(=O)OC)n2)C1. The van der Waals surface area contributed by atoms with Crippen LogP contribution in [-0.2, 0) is 16.1 Å². The molecule has 0 unspecified atom stereocenters. The molecule has 192 valence electrons. The van der Waals surface area contributed by atoms with E-state index in [0.717, 1.165) is 49.0 Å². The number of likely N-dealkylation sites (N-methyl/N-ethyl adjacent to an activating group) is 1. The smallest absolute Gasteiger partial charge is 0.406 e. The van der Waals surface area contributed by atoms with Crippen molar-refractivity contribution in [1.29, 1.82) is 0 Å². The minimum Gasteiger partial charge on any atom is -0.453 e. The Morgan fingerprint density at radius 2 is 2.06 bits per heavy atom. The summed E-state index contributed by atoms with van der Waals surface area (Å²) in [5.41, 5.74) is 1.04. The number of amides is 3. The second-order valence-corrected chi connectivity index (χ2v) is 10.3. The fourth-order valence-corrected chi connectivity index (χ4v) is 5.78. The highest BCUT2D eigenvalue weighted by atomic mass is 32.1. The molecule has 3 N–H and O–H groups in total. The number of thiazole rings is 1. The summed E-state index contributed by atoms with van der Waals surface area (Å²) in [6, 6.07) is 0.232. The summed E-state index contributed by atoms with van der Waals surface area (Å²) in [6.45, 7) is 3.52. The first-order chi connectivity index (χ1) is 16.6. The van der Waals surface area contributed by atoms with Crippen molar-refractivity contribution in [2.24, 2.45) is 5.92 Å². The predicted octanol–water partition coefficient (Wildman–Crippen LogP) is 3.46. The van der Waals surface area contributed by atoms with Crippen LogP contribution in [-0.4, -0.2) is 75.0 Å². The molecule has 1 saturated heterocycles. The monoisotopic (exact) mass is 495 g/mol. The zero-order chi connectivity index (χ0) is 24.2. The van der Waals surface area contributed by atoms with E-state index in [1.54, 1.807) is 11.3 Å². The molecule has 1 aliphatic carbocycles. The van der Waals surface area contributed by atoms with Crippen LogP contribution in [0.4, 0.5) is 9.59 Å². The molecule has 0 radical (unpaired) electrons. The zero-order valence-electron chi connectivity index (χ0n) is 20.6. The molecule has 1 aromatic heterocycles. The van der Waals surface area contributed by atoms with E-state index in [1.807, 2.05) is 11.9 Å². The van der Waals surface area contributed by atoms with Crippen LogP contribution in [0.25, 0.3) is 0 Å². The second-order valence-electron chi connectivity index (χ2n) is 9.37. The van der Waals surface area contributed by atoms with Crippen molar-refractivity contribution in [2.75, 3.05) is 46.9 Å². The normalized spacial score (nSPS) is 20.1. The van der Waals surface area contributed by atoms with Crippen molar-refractivity contribution in [1.82, 2.24) is 25.8 Å². The summed E-state index contributed by atoms with van der Waals surface area (Å²) in [4.78, 5) is 30.9. The van der Waals surface area contributed by atoms with Gasteiger partial charge in [0.2, 0.25) is 0 Å². The number of carbonyl (C=O) groups excluding carboxylic acids is 2. The number of aromatic nitrogens is 1. The number of nitrogens with zero attached hydrogens (tertiary/aromatic N) is 2. The molecule has 1 aliphatic heterocycles. The van der Waals surface area contributed by atoms with E-state index in [4.69, 9.17) is 9.72 Å². The lowest BCUT2D eigenvalue weighted by atomic mass is 9.85. The number of nitrogens with one attached hydrogen (secondary N) is 3. The summed E-state index contributed by atoms with van der Waals surface area (Å²) < 4.78 is 10.1. The van der Waals surface area contributed by atoms with Crippen molar-refractivity contribution in [3.63, 3.8) is 0 Å². The Bertz CT molecular complexity index is 755. The van der Waals surface area contributed by atoms with Gasteiger partial charge < -0.3 is 30.3 Å². The Morgan fingerprint density at radius 1 is 1.24 bits per heavy atom. The first-order valence-electron chi connectivity index (χ1n) is 12.6. The highest BCUT2D eigenvalue weighted by Crippen LogP contribution is 2.29. The van der Waals surface area contributed by atoms with Crippen LogP contribution in [0.3, 0.4) is 0 Å². The first-order valence-corrected chi connectivity index (χ1v) is 13.5. The molecular formula is C24H41N5O4S. The van der Waals surface area contributed by atoms with E-state index in [2.05, 4.69) is 26.1 Å². The Kier molecular flexibility index (Phi) is 11.4. The van der Waals surface area contributed by atoms with Gasteiger partial charge in [0.1, 0.15) is 5.01 Å². The number of piperidine rings is 1. The number of hydrogen-bond acceptors (Lipinski definition) is 7. The molecule has 2 heterocycles. The number of likely N-dealkylation sites (tertiary alicyclic amines) is 1. The molecular weight excluding hydrogens is 454 g/mol. The highest BCUT2D eigenvalue weighted by Gasteiger charge is 2.28. The molecule has 0 aromatic carbocycles. The van der Waals surface area contributed by atoms with Crippen molar-refractivity contribution >= 4 is 23.5 Å². The molecule has 2 aliphatic rings. The average Bonchev–Trinajstić information content (AvgIpc) is 3.33. The minimum absolute atomic E-state index is 0.0534. The molecule has 1 aromatic rings. The van der Waals surface area contributed by atoms with Gasteiger partial charge in [-0.2, -0.15) is 0 Å². The fraction of sp³-hybridized carbons (Fsp3) is 0.792. The Hall–Kier alpha value is -1.91. The zero-order valence-corrected chi connectivity index (χ0v) is 21.5. The van der Waals surface area contributed by atoms with Crippen LogP contribution in [0, 0.1) is 5.92 Å². The summed E-state index contributed by atoms with van der Waals surface area (Å²) in [6.07, 6.45) is 9.21. The minimum atomic E-state index is -0.461.